The van der Waals surface area contributed by atoms with E-state index in [-0.39, 0.29) is 90.8 Å². The van der Waals surface area contributed by atoms with Crippen molar-refractivity contribution in [3.8, 4) is 22.6 Å². The van der Waals surface area contributed by atoms with Gasteiger partial charge in [-0.25, -0.2) is 24.4 Å². The standard InChI is InChI=1S/C69H78N10O21S2/c1-38-44(42-15-16-50(74-54(42)61(88)89)77-22-19-39-9-7-10-43(45(39)29-77)59(86)75-64-73-46-11-5-6-12-49(46)101-64)28-71-79(38)37-68-33-66(2)32-67(3,35-68)69(34-66,36-68)98-26-24-76(4)65(92)97-30-40-13-14-41(99-63-57(85)55(83)56(84)58(100-63)62(90)91)27-48(40)96-25-8-21-70-60(87)47(31-102(93,94)95)72-51(80)20-23-78-52(81)17-18-53(78)82/h5-7,9-18,27-28,47,55-58,63,83-85H,8,19-26,29-37H2,1-4H3,(H,70,87)(H,72,80)(H,88,89)(H,90,91)(H,73,75,86)(H,93,94,95)/t47-,55-,56-,57+,58-,63+,66?,67?,68?,69?/m0/s1. The number of nitrogens with one attached hydrogen (secondary N) is 3. The van der Waals surface area contributed by atoms with Crippen LogP contribution in [0.2, 0.25) is 0 Å². The van der Waals surface area contributed by atoms with Crippen molar-refractivity contribution in [2.45, 2.75) is 134 Å². The number of aliphatic hydroxyl groups excluding tert-OH is 3. The smallest absolute Gasteiger partial charge is 0.409 e. The Kier molecular flexibility index (Phi) is 20.4. The maximum absolute atomic E-state index is 13.8. The number of aliphatic hydroxyl groups is 3. The van der Waals surface area contributed by atoms with Crippen LogP contribution in [-0.2, 0) is 74.4 Å². The SMILES string of the molecule is Cc1c(-c2ccc(N3CCc4cccc(C(=O)Nc5nc6ccccc6s5)c4C3)nc2C(=O)O)cnn1CC12CC3(C)CC(C)(C1)C(OCCN(C)C(=O)OCc1ccc(O[C@@H]4O[C@H](C(=O)O)[C@@H](O)[C@H](O)[C@H]4O)cc1OCCCNC(=O)[C@H](CS(=O)(=O)O)NC(=O)CCN1C(=O)C=CC1=O)(C3)C2. The molecule has 3 aromatic carbocycles. The number of carboxylic acids is 2. The highest BCUT2D eigenvalue weighted by Crippen LogP contribution is 2.77. The summed E-state index contributed by atoms with van der Waals surface area (Å²) in [7, 11) is -3.27. The van der Waals surface area contributed by atoms with Gasteiger partial charge < -0.3 is 69.7 Å². The summed E-state index contributed by atoms with van der Waals surface area (Å²) < 4.78 is 66.0. The molecule has 0 radical (unpaired) electrons. The van der Waals surface area contributed by atoms with E-state index in [9.17, 15) is 76.9 Å². The summed E-state index contributed by atoms with van der Waals surface area (Å²) in [5.41, 5.74) is 4.07. The fraction of sp³-hybridized carbons (Fsp3) is 0.464. The van der Waals surface area contributed by atoms with Crippen LogP contribution in [0.3, 0.4) is 0 Å². The second kappa shape index (κ2) is 28.7. The Morgan fingerprint density at radius 2 is 1.66 bits per heavy atom. The molecule has 0 spiro atoms. The highest BCUT2D eigenvalue weighted by Gasteiger charge is 2.74. The van der Waals surface area contributed by atoms with Crippen molar-refractivity contribution in [3.63, 3.8) is 0 Å². The third kappa shape index (κ3) is 15.2. The molecular weight excluding hydrogens is 1370 g/mol. The fourth-order valence-electron chi connectivity index (χ4n) is 15.9. The van der Waals surface area contributed by atoms with Crippen LogP contribution >= 0.6 is 11.3 Å². The molecule has 1 saturated heterocycles. The first-order valence-electron chi connectivity index (χ1n) is 33.1. The van der Waals surface area contributed by atoms with Crippen LogP contribution in [0.1, 0.15) is 102 Å². The second-order valence-corrected chi connectivity index (χ2v) is 30.2. The number of aromatic nitrogens is 4. The molecule has 6 heterocycles. The van der Waals surface area contributed by atoms with Gasteiger partial charge in [-0.1, -0.05) is 49.4 Å². The molecule has 3 aromatic heterocycles. The molecule has 4 aliphatic carbocycles. The molecule has 5 fully saturated rings. The number of likely N-dealkylation sites (N-methyl/N-ethyl adjacent to an activating group) is 1. The van der Waals surface area contributed by atoms with Crippen LogP contribution in [0.5, 0.6) is 11.5 Å². The number of hydrogen-bond acceptors (Lipinski definition) is 23. The van der Waals surface area contributed by atoms with Gasteiger partial charge in [0.2, 0.25) is 18.1 Å². The predicted molar refractivity (Wildman–Crippen MR) is 362 cm³/mol. The zero-order chi connectivity index (χ0) is 72.8. The number of rotatable bonds is 28. The Balaban J connectivity index is 0.667. The second-order valence-electron chi connectivity index (χ2n) is 27.7. The molecule has 4 bridgehead atoms. The molecule has 31 nitrogen and oxygen atoms in total. The van der Waals surface area contributed by atoms with Gasteiger partial charge in [-0.15, -0.1) is 0 Å². The first-order valence-corrected chi connectivity index (χ1v) is 35.6. The van der Waals surface area contributed by atoms with E-state index < -0.39 is 106 Å². The molecule has 102 heavy (non-hydrogen) atoms. The molecule has 4 unspecified atom stereocenters. The van der Waals surface area contributed by atoms with Gasteiger partial charge in [-0.3, -0.25) is 43.4 Å². The molecule has 3 aliphatic heterocycles. The fourth-order valence-corrected chi connectivity index (χ4v) is 17.4. The molecule has 6 amide bonds. The third-order valence-electron chi connectivity index (χ3n) is 20.1. The van der Waals surface area contributed by atoms with Crippen LogP contribution in [0.25, 0.3) is 21.3 Å². The quantitative estimate of drug-likeness (QED) is 0.0188. The summed E-state index contributed by atoms with van der Waals surface area (Å²) >= 11 is 1.39. The van der Waals surface area contributed by atoms with Gasteiger partial charge in [0.05, 0.1) is 35.2 Å². The number of imide groups is 1. The lowest BCUT2D eigenvalue weighted by molar-refractivity contribution is -0.271. The van der Waals surface area contributed by atoms with Crippen LogP contribution in [0.4, 0.5) is 15.7 Å². The minimum Gasteiger partial charge on any atom is -0.493 e. The Labute approximate surface area is 588 Å². The van der Waals surface area contributed by atoms with Crippen molar-refractivity contribution >= 4 is 90.2 Å². The normalized spacial score (nSPS) is 25.1. The van der Waals surface area contributed by atoms with E-state index >= 15 is 0 Å². The number of fused-ring (bicyclic) bond motifs is 2. The monoisotopic (exact) mass is 1450 g/mol. The van der Waals surface area contributed by atoms with E-state index in [1.54, 1.807) is 25.4 Å². The van der Waals surface area contributed by atoms with E-state index in [1.165, 1.54) is 34.4 Å². The summed E-state index contributed by atoms with van der Waals surface area (Å²) in [6, 6.07) is 19.2. The lowest BCUT2D eigenvalue weighted by atomic mass is 9.60. The number of carbonyl (C=O) groups excluding carboxylic acids is 6. The first-order chi connectivity index (χ1) is 48.4. The van der Waals surface area contributed by atoms with Crippen LogP contribution in [-0.4, -0.2) is 210 Å². The number of thiazole rings is 1. The number of aromatic carboxylic acids is 1. The minimum absolute atomic E-state index is 0.0113. The van der Waals surface area contributed by atoms with Gasteiger partial charge >= 0.3 is 18.0 Å². The Morgan fingerprint density at radius 1 is 0.882 bits per heavy atom. The summed E-state index contributed by atoms with van der Waals surface area (Å²) in [5.74, 6) is -7.20. The predicted octanol–water partition coefficient (Wildman–Crippen LogP) is 4.23. The number of carboxylic acid groups (broad SMARTS) is 2. The molecule has 10 atom stereocenters. The average Bonchev–Trinajstić information content (AvgIpc) is 1.50. The van der Waals surface area contributed by atoms with Crippen molar-refractivity contribution in [2.24, 2.45) is 16.2 Å². The van der Waals surface area contributed by atoms with Gasteiger partial charge in [-0.05, 0) is 122 Å². The molecule has 6 aromatic rings. The van der Waals surface area contributed by atoms with Gasteiger partial charge in [-0.2, -0.15) is 13.5 Å². The minimum atomic E-state index is -4.83. The van der Waals surface area contributed by atoms with Crippen molar-refractivity contribution in [2.75, 3.05) is 62.4 Å². The Bertz CT molecular complexity index is 4420. The van der Waals surface area contributed by atoms with E-state index in [1.807, 2.05) is 59.0 Å². The van der Waals surface area contributed by atoms with Crippen molar-refractivity contribution < 1.29 is 101 Å². The molecule has 7 aliphatic rings. The average molecular weight is 1450 g/mol. The number of anilines is 2. The summed E-state index contributed by atoms with van der Waals surface area (Å²) in [6.45, 7) is 7.08. The van der Waals surface area contributed by atoms with Crippen molar-refractivity contribution in [3.05, 3.63) is 125 Å². The lowest BCUT2D eigenvalue weighted by Gasteiger charge is -2.46. The topological polar surface area (TPSA) is 428 Å². The van der Waals surface area contributed by atoms with Crippen molar-refractivity contribution in [1.29, 1.82) is 0 Å². The number of ether oxygens (including phenoxy) is 5. The number of carbonyl (C=O) groups is 8. The van der Waals surface area contributed by atoms with E-state index in [0.29, 0.717) is 53.7 Å². The van der Waals surface area contributed by atoms with Gasteiger partial charge in [0.1, 0.15) is 54.0 Å². The Hall–Kier alpha value is -9.48. The number of pyridine rings is 1. The van der Waals surface area contributed by atoms with Gasteiger partial charge in [0.15, 0.2) is 16.9 Å². The molecule has 4 saturated carbocycles. The number of para-hydroxylation sites is 1. The molecule has 9 N–H and O–H groups in total. The maximum atomic E-state index is 13.8. The number of hydrogen-bond donors (Lipinski definition) is 9. The number of aliphatic carboxylic acids is 1. The molecular formula is C69H78N10O21S2. The highest BCUT2D eigenvalue weighted by atomic mass is 32.2. The van der Waals surface area contributed by atoms with Crippen LogP contribution in [0.15, 0.2) is 91.1 Å². The zero-order valence-electron chi connectivity index (χ0n) is 56.1. The van der Waals surface area contributed by atoms with Gasteiger partial charge in [0.25, 0.3) is 27.8 Å². The van der Waals surface area contributed by atoms with E-state index in [0.717, 1.165) is 76.2 Å². The van der Waals surface area contributed by atoms with Crippen LogP contribution < -0.4 is 30.3 Å². The number of nitrogens with zero attached hydrogens (tertiary/aromatic N) is 7. The van der Waals surface area contributed by atoms with Gasteiger partial charge in [0, 0.05) is 98.9 Å². The van der Waals surface area contributed by atoms with Crippen LogP contribution in [0, 0.1) is 23.2 Å². The molecule has 13 rings (SSSR count). The Morgan fingerprint density at radius 3 is 2.40 bits per heavy atom. The first kappa shape index (κ1) is 72.3. The lowest BCUT2D eigenvalue weighted by Crippen LogP contribution is -2.61. The summed E-state index contributed by atoms with van der Waals surface area (Å²) in [6.07, 6.45) is -2.34. The summed E-state index contributed by atoms with van der Waals surface area (Å²) in [4.78, 5) is 116. The maximum Gasteiger partial charge on any atom is 0.409 e. The molecule has 33 heteroatoms. The van der Waals surface area contributed by atoms with Crippen molar-refractivity contribution in [1.82, 2.24) is 40.2 Å². The third-order valence-corrected chi connectivity index (χ3v) is 21.8. The summed E-state index contributed by atoms with van der Waals surface area (Å²) in [5, 5.41) is 64.7. The molecule has 542 valence electrons. The van der Waals surface area contributed by atoms with E-state index in [4.69, 9.17) is 33.8 Å². The van der Waals surface area contributed by atoms with E-state index in [2.05, 4.69) is 34.8 Å². The number of benzene rings is 3. The largest absolute Gasteiger partial charge is 0.493 e. The zero-order valence-corrected chi connectivity index (χ0v) is 57.7. The number of amides is 6. The highest BCUT2D eigenvalue weighted by molar-refractivity contribution is 7.85.